The lowest BCUT2D eigenvalue weighted by Crippen LogP contribution is -2.19. The van der Waals surface area contributed by atoms with E-state index in [2.05, 4.69) is 4.74 Å². The molecule has 0 atom stereocenters. The SMILES string of the molecule is O=C(O)Nc1cc(OCC(F)(F)F)ccc1[N+](=O)[O-]. The lowest BCUT2D eigenvalue weighted by atomic mass is 10.2. The number of nitrogens with one attached hydrogen (secondary N) is 1. The van der Waals surface area contributed by atoms with Crippen molar-refractivity contribution in [3.05, 3.63) is 28.3 Å². The minimum absolute atomic E-state index is 0.341. The Morgan fingerprint density at radius 3 is 2.58 bits per heavy atom. The standard InChI is InChI=1S/C9H7F3N2O5/c10-9(11,12)4-19-5-1-2-7(14(17)18)6(3-5)13-8(15)16/h1-3,13H,4H2,(H,15,16). The fraction of sp³-hybridized carbons (Fsp3) is 0.222. The van der Waals surface area contributed by atoms with Gasteiger partial charge >= 0.3 is 12.3 Å². The predicted octanol–water partition coefficient (Wildman–Crippen LogP) is 2.63. The summed E-state index contributed by atoms with van der Waals surface area (Å²) in [5.74, 6) is -0.341. The van der Waals surface area contributed by atoms with Crippen molar-refractivity contribution in [2.45, 2.75) is 6.18 Å². The Bertz CT molecular complexity index is 503. The number of halogens is 3. The number of nitro groups is 1. The van der Waals surface area contributed by atoms with Crippen LogP contribution in [0.1, 0.15) is 0 Å². The van der Waals surface area contributed by atoms with E-state index in [9.17, 15) is 28.1 Å². The van der Waals surface area contributed by atoms with Gasteiger partial charge in [-0.05, 0) is 6.07 Å². The van der Waals surface area contributed by atoms with Crippen LogP contribution in [-0.2, 0) is 0 Å². The van der Waals surface area contributed by atoms with Crippen molar-refractivity contribution in [3.8, 4) is 5.75 Å². The van der Waals surface area contributed by atoms with Crippen LogP contribution >= 0.6 is 0 Å². The minimum atomic E-state index is -4.57. The van der Waals surface area contributed by atoms with Crippen LogP contribution in [-0.4, -0.2) is 28.9 Å². The maximum atomic E-state index is 11.9. The van der Waals surface area contributed by atoms with Crippen LogP contribution in [0.2, 0.25) is 0 Å². The van der Waals surface area contributed by atoms with E-state index in [0.717, 1.165) is 18.2 Å². The molecule has 7 nitrogen and oxygen atoms in total. The van der Waals surface area contributed by atoms with Crippen LogP contribution in [0, 0.1) is 10.1 Å². The maximum absolute atomic E-state index is 11.9. The first-order chi connectivity index (χ1) is 8.69. The van der Waals surface area contributed by atoms with Crippen molar-refractivity contribution in [3.63, 3.8) is 0 Å². The van der Waals surface area contributed by atoms with Gasteiger partial charge in [-0.3, -0.25) is 15.4 Å². The van der Waals surface area contributed by atoms with E-state index < -0.39 is 35.2 Å². The third-order valence-corrected chi connectivity index (χ3v) is 1.81. The van der Waals surface area contributed by atoms with Gasteiger partial charge in [-0.2, -0.15) is 13.2 Å². The predicted molar refractivity (Wildman–Crippen MR) is 56.3 cm³/mol. The van der Waals surface area contributed by atoms with Crippen molar-refractivity contribution in [1.82, 2.24) is 0 Å². The highest BCUT2D eigenvalue weighted by Gasteiger charge is 2.28. The van der Waals surface area contributed by atoms with E-state index in [1.165, 1.54) is 0 Å². The summed E-state index contributed by atoms with van der Waals surface area (Å²) in [6.45, 7) is -1.59. The first-order valence-corrected chi connectivity index (χ1v) is 4.67. The number of carbonyl (C=O) groups is 1. The summed E-state index contributed by atoms with van der Waals surface area (Å²) < 4.78 is 40.1. The molecule has 0 heterocycles. The average Bonchev–Trinajstić information content (AvgIpc) is 2.24. The fourth-order valence-electron chi connectivity index (χ4n) is 1.14. The third-order valence-electron chi connectivity index (χ3n) is 1.81. The van der Waals surface area contributed by atoms with Crippen LogP contribution in [0.3, 0.4) is 0 Å². The smallest absolute Gasteiger partial charge is 0.422 e. The van der Waals surface area contributed by atoms with Crippen molar-refractivity contribution >= 4 is 17.5 Å². The Hall–Kier alpha value is -2.52. The van der Waals surface area contributed by atoms with Gasteiger partial charge in [0.25, 0.3) is 5.69 Å². The molecule has 0 aliphatic carbocycles. The average molecular weight is 280 g/mol. The van der Waals surface area contributed by atoms with Crippen molar-refractivity contribution in [2.75, 3.05) is 11.9 Å². The number of anilines is 1. The number of nitrogens with zero attached hydrogens (tertiary/aromatic N) is 1. The van der Waals surface area contributed by atoms with Crippen LogP contribution in [0.5, 0.6) is 5.75 Å². The molecule has 0 radical (unpaired) electrons. The number of carboxylic acid groups (broad SMARTS) is 1. The van der Waals surface area contributed by atoms with Gasteiger partial charge in [0.2, 0.25) is 0 Å². The molecule has 0 aliphatic heterocycles. The minimum Gasteiger partial charge on any atom is -0.484 e. The molecule has 1 aromatic rings. The van der Waals surface area contributed by atoms with E-state index in [1.54, 1.807) is 5.32 Å². The molecule has 19 heavy (non-hydrogen) atoms. The molecular weight excluding hydrogens is 273 g/mol. The highest BCUT2D eigenvalue weighted by atomic mass is 19.4. The zero-order valence-electron chi connectivity index (χ0n) is 9.10. The maximum Gasteiger partial charge on any atom is 0.422 e. The second kappa shape index (κ2) is 5.42. The quantitative estimate of drug-likeness (QED) is 0.652. The van der Waals surface area contributed by atoms with E-state index in [1.807, 2.05) is 0 Å². The Kier molecular flexibility index (Phi) is 4.14. The van der Waals surface area contributed by atoms with Gasteiger partial charge in [0.1, 0.15) is 11.4 Å². The van der Waals surface area contributed by atoms with Gasteiger partial charge in [0, 0.05) is 12.1 Å². The number of ether oxygens (including phenoxy) is 1. The largest absolute Gasteiger partial charge is 0.484 e. The van der Waals surface area contributed by atoms with Gasteiger partial charge < -0.3 is 9.84 Å². The number of amides is 1. The number of benzene rings is 1. The van der Waals surface area contributed by atoms with E-state index >= 15 is 0 Å². The topological polar surface area (TPSA) is 102 Å². The molecule has 1 aromatic carbocycles. The van der Waals surface area contributed by atoms with Crippen molar-refractivity contribution in [2.24, 2.45) is 0 Å². The van der Waals surface area contributed by atoms with Crippen LogP contribution < -0.4 is 10.1 Å². The zero-order valence-corrected chi connectivity index (χ0v) is 9.10. The number of rotatable bonds is 4. The summed E-state index contributed by atoms with van der Waals surface area (Å²) in [5, 5.41) is 20.8. The Balaban J connectivity index is 2.97. The summed E-state index contributed by atoms with van der Waals surface area (Å²) >= 11 is 0. The van der Waals surface area contributed by atoms with Crippen molar-refractivity contribution < 1.29 is 32.7 Å². The summed E-state index contributed by atoms with van der Waals surface area (Å²) in [5.41, 5.74) is -1.07. The summed E-state index contributed by atoms with van der Waals surface area (Å²) in [7, 11) is 0. The highest BCUT2D eigenvalue weighted by molar-refractivity contribution is 5.86. The second-order valence-electron chi connectivity index (χ2n) is 3.27. The molecule has 0 aromatic heterocycles. The first kappa shape index (κ1) is 14.5. The lowest BCUT2D eigenvalue weighted by Gasteiger charge is -2.10. The van der Waals surface area contributed by atoms with Gasteiger partial charge in [0.05, 0.1) is 4.92 Å². The molecule has 0 fully saturated rings. The van der Waals surface area contributed by atoms with Crippen molar-refractivity contribution in [1.29, 1.82) is 0 Å². The molecule has 0 unspecified atom stereocenters. The van der Waals surface area contributed by atoms with Gasteiger partial charge in [-0.1, -0.05) is 0 Å². The van der Waals surface area contributed by atoms with Crippen LogP contribution in [0.15, 0.2) is 18.2 Å². The summed E-state index contributed by atoms with van der Waals surface area (Å²) in [6.07, 6.45) is -6.15. The summed E-state index contributed by atoms with van der Waals surface area (Å²) in [4.78, 5) is 20.1. The normalized spacial score (nSPS) is 10.9. The molecule has 10 heteroatoms. The molecule has 0 saturated carbocycles. The van der Waals surface area contributed by atoms with Crippen LogP contribution in [0.25, 0.3) is 0 Å². The van der Waals surface area contributed by atoms with E-state index in [4.69, 9.17) is 5.11 Å². The Morgan fingerprint density at radius 1 is 1.47 bits per heavy atom. The molecule has 0 aliphatic rings. The monoisotopic (exact) mass is 280 g/mol. The van der Waals surface area contributed by atoms with Gasteiger partial charge in [0.15, 0.2) is 6.61 Å². The molecule has 2 N–H and O–H groups in total. The molecule has 0 bridgehead atoms. The molecule has 0 saturated heterocycles. The van der Waals surface area contributed by atoms with Gasteiger partial charge in [-0.15, -0.1) is 0 Å². The lowest BCUT2D eigenvalue weighted by molar-refractivity contribution is -0.383. The number of hydrogen-bond donors (Lipinski definition) is 2. The Morgan fingerprint density at radius 2 is 2.11 bits per heavy atom. The van der Waals surface area contributed by atoms with Gasteiger partial charge in [-0.25, -0.2) is 4.79 Å². The number of nitro benzene ring substituents is 1. The Labute approximate surface area is 103 Å². The zero-order chi connectivity index (χ0) is 14.6. The number of alkyl halides is 3. The molecule has 104 valence electrons. The molecule has 1 amide bonds. The van der Waals surface area contributed by atoms with E-state index in [-0.39, 0.29) is 5.75 Å². The molecule has 0 spiro atoms. The molecular formula is C9H7F3N2O5. The highest BCUT2D eigenvalue weighted by Crippen LogP contribution is 2.29. The summed E-state index contributed by atoms with van der Waals surface area (Å²) in [6, 6.07) is 2.59. The third kappa shape index (κ3) is 4.69. The number of hydrogen-bond acceptors (Lipinski definition) is 4. The second-order valence-corrected chi connectivity index (χ2v) is 3.27. The van der Waals surface area contributed by atoms with Crippen LogP contribution in [0.4, 0.5) is 29.3 Å². The van der Waals surface area contributed by atoms with E-state index in [0.29, 0.717) is 0 Å². The first-order valence-electron chi connectivity index (χ1n) is 4.67. The fourth-order valence-corrected chi connectivity index (χ4v) is 1.14. The molecule has 1 rings (SSSR count).